The predicted molar refractivity (Wildman–Crippen MR) is 96.3 cm³/mol. The minimum absolute atomic E-state index is 0.0535. The Balaban J connectivity index is 1.49. The Morgan fingerprint density at radius 3 is 2.60 bits per heavy atom. The largest absolute Gasteiger partial charge is 0.459 e. The number of amides is 1. The van der Waals surface area contributed by atoms with Crippen molar-refractivity contribution in [2.24, 2.45) is 0 Å². The number of likely N-dealkylation sites (tertiary alicyclic amines) is 1. The first kappa shape index (κ1) is 17.2. The topological polar surface area (TPSA) is 58.6 Å². The van der Waals surface area contributed by atoms with Crippen molar-refractivity contribution in [3.63, 3.8) is 0 Å². The van der Waals surface area contributed by atoms with Crippen LogP contribution in [0.15, 0.2) is 54.6 Å². The Labute approximate surface area is 147 Å². The molecule has 0 atom stereocenters. The molecule has 5 heteroatoms. The number of piperidine rings is 1. The maximum Gasteiger partial charge on any atom is 0.338 e. The fraction of sp³-hybridized carbons (Fsp3) is 0.300. The second-order valence-corrected chi connectivity index (χ2v) is 6.21. The van der Waals surface area contributed by atoms with Crippen LogP contribution in [0.5, 0.6) is 0 Å². The molecule has 1 heterocycles. The highest BCUT2D eigenvalue weighted by atomic mass is 16.5. The summed E-state index contributed by atoms with van der Waals surface area (Å²) in [5, 5.41) is 2.54. The minimum Gasteiger partial charge on any atom is -0.459 e. The first-order chi connectivity index (χ1) is 12.2. The van der Waals surface area contributed by atoms with Gasteiger partial charge in [0.05, 0.1) is 5.56 Å². The molecular formula is C20H22N2O3. The van der Waals surface area contributed by atoms with Gasteiger partial charge in [-0.15, -0.1) is 0 Å². The molecule has 0 radical (unpaired) electrons. The first-order valence-corrected chi connectivity index (χ1v) is 8.52. The van der Waals surface area contributed by atoms with Crippen LogP contribution in [0.4, 0.5) is 5.69 Å². The van der Waals surface area contributed by atoms with Crippen molar-refractivity contribution in [3.05, 3.63) is 65.7 Å². The number of nitrogens with one attached hydrogen (secondary N) is 1. The smallest absolute Gasteiger partial charge is 0.338 e. The van der Waals surface area contributed by atoms with Crippen LogP contribution < -0.4 is 5.32 Å². The number of carbonyl (C=O) groups is 2. The van der Waals surface area contributed by atoms with Crippen LogP contribution in [0.25, 0.3) is 0 Å². The summed E-state index contributed by atoms with van der Waals surface area (Å²) < 4.78 is 5.63. The second-order valence-electron chi connectivity index (χ2n) is 6.21. The zero-order chi connectivity index (χ0) is 17.5. The van der Waals surface area contributed by atoms with Gasteiger partial charge in [-0.3, -0.25) is 9.69 Å². The van der Waals surface area contributed by atoms with Crippen LogP contribution in [-0.2, 0) is 16.1 Å². The molecule has 1 N–H and O–H groups in total. The normalized spacial score (nSPS) is 15.5. The van der Waals surface area contributed by atoms with Gasteiger partial charge in [0.1, 0.15) is 6.10 Å². The standard InChI is InChI=1S/C20H22N2O3/c23-15-21-18-8-4-7-17(13-18)20(24)25-19-9-11-22(12-10-19)14-16-5-2-1-3-6-16/h1-8,13,15,19H,9-12,14H2,(H,21,23). The molecule has 1 saturated heterocycles. The number of anilines is 1. The number of hydrogen-bond donors (Lipinski definition) is 1. The Morgan fingerprint density at radius 1 is 1.12 bits per heavy atom. The Hall–Kier alpha value is -2.66. The van der Waals surface area contributed by atoms with Gasteiger partial charge in [-0.25, -0.2) is 4.79 Å². The zero-order valence-electron chi connectivity index (χ0n) is 14.1. The fourth-order valence-electron chi connectivity index (χ4n) is 3.05. The Bertz CT molecular complexity index is 710. The van der Waals surface area contributed by atoms with E-state index in [1.165, 1.54) is 5.56 Å². The van der Waals surface area contributed by atoms with E-state index in [0.29, 0.717) is 17.7 Å². The van der Waals surface area contributed by atoms with E-state index >= 15 is 0 Å². The lowest BCUT2D eigenvalue weighted by atomic mass is 10.1. The van der Waals surface area contributed by atoms with Gasteiger partial charge in [0, 0.05) is 25.3 Å². The summed E-state index contributed by atoms with van der Waals surface area (Å²) in [6, 6.07) is 17.2. The third kappa shape index (κ3) is 4.90. The van der Waals surface area contributed by atoms with E-state index in [2.05, 4.69) is 34.5 Å². The molecule has 1 fully saturated rings. The van der Waals surface area contributed by atoms with Gasteiger partial charge >= 0.3 is 5.97 Å². The summed E-state index contributed by atoms with van der Waals surface area (Å²) >= 11 is 0. The molecule has 0 bridgehead atoms. The maximum atomic E-state index is 12.3. The summed E-state index contributed by atoms with van der Waals surface area (Å²) in [6.07, 6.45) is 2.21. The van der Waals surface area contributed by atoms with Crippen LogP contribution in [0.3, 0.4) is 0 Å². The SMILES string of the molecule is O=CNc1cccc(C(=O)OC2CCN(Cc3ccccc3)CC2)c1. The van der Waals surface area contributed by atoms with Crippen molar-refractivity contribution in [1.29, 1.82) is 0 Å². The average Bonchev–Trinajstić information content (AvgIpc) is 2.65. The van der Waals surface area contributed by atoms with Crippen LogP contribution in [0.1, 0.15) is 28.8 Å². The first-order valence-electron chi connectivity index (χ1n) is 8.52. The summed E-state index contributed by atoms with van der Waals surface area (Å²) in [4.78, 5) is 25.2. The van der Waals surface area contributed by atoms with Crippen molar-refractivity contribution in [1.82, 2.24) is 4.90 Å². The van der Waals surface area contributed by atoms with Crippen LogP contribution in [0, 0.1) is 0 Å². The zero-order valence-corrected chi connectivity index (χ0v) is 14.1. The van der Waals surface area contributed by atoms with Crippen molar-refractivity contribution < 1.29 is 14.3 Å². The van der Waals surface area contributed by atoms with E-state index in [0.717, 1.165) is 32.5 Å². The molecule has 2 aromatic carbocycles. The highest BCUT2D eigenvalue weighted by Crippen LogP contribution is 2.19. The Morgan fingerprint density at radius 2 is 1.88 bits per heavy atom. The highest BCUT2D eigenvalue weighted by molar-refractivity contribution is 5.91. The van der Waals surface area contributed by atoms with Gasteiger partial charge < -0.3 is 10.1 Å². The fourth-order valence-corrected chi connectivity index (χ4v) is 3.05. The lowest BCUT2D eigenvalue weighted by Gasteiger charge is -2.31. The van der Waals surface area contributed by atoms with Gasteiger partial charge in [-0.05, 0) is 36.6 Å². The highest BCUT2D eigenvalue weighted by Gasteiger charge is 2.23. The number of rotatable bonds is 6. The second kappa shape index (κ2) is 8.44. The van der Waals surface area contributed by atoms with Crippen LogP contribution >= 0.6 is 0 Å². The molecule has 1 aliphatic rings. The molecule has 1 aliphatic heterocycles. The minimum atomic E-state index is -0.337. The summed E-state index contributed by atoms with van der Waals surface area (Å²) in [5.41, 5.74) is 2.35. The van der Waals surface area contributed by atoms with Crippen molar-refractivity contribution >= 4 is 18.1 Å². The van der Waals surface area contributed by atoms with Crippen molar-refractivity contribution in [3.8, 4) is 0 Å². The van der Waals surface area contributed by atoms with Crippen LogP contribution in [0.2, 0.25) is 0 Å². The molecule has 0 spiro atoms. The van der Waals surface area contributed by atoms with E-state index in [1.807, 2.05) is 6.07 Å². The molecular weight excluding hydrogens is 316 g/mol. The molecule has 25 heavy (non-hydrogen) atoms. The average molecular weight is 338 g/mol. The third-order valence-corrected chi connectivity index (χ3v) is 4.38. The lowest BCUT2D eigenvalue weighted by Crippen LogP contribution is -2.37. The predicted octanol–water partition coefficient (Wildman–Crippen LogP) is 3.08. The molecule has 0 aliphatic carbocycles. The molecule has 0 unspecified atom stereocenters. The molecule has 5 nitrogen and oxygen atoms in total. The summed E-state index contributed by atoms with van der Waals surface area (Å²) in [5.74, 6) is -0.337. The van der Waals surface area contributed by atoms with E-state index in [-0.39, 0.29) is 12.1 Å². The monoisotopic (exact) mass is 338 g/mol. The number of hydrogen-bond acceptors (Lipinski definition) is 4. The molecule has 2 aromatic rings. The number of ether oxygens (including phenoxy) is 1. The molecule has 130 valence electrons. The lowest BCUT2D eigenvalue weighted by molar-refractivity contribution is -0.105. The van der Waals surface area contributed by atoms with Gasteiger partial charge in [-0.2, -0.15) is 0 Å². The summed E-state index contributed by atoms with van der Waals surface area (Å²) in [7, 11) is 0. The third-order valence-electron chi connectivity index (χ3n) is 4.38. The molecule has 0 aromatic heterocycles. The van der Waals surface area contributed by atoms with Gasteiger partial charge in [0.15, 0.2) is 0 Å². The quantitative estimate of drug-likeness (QED) is 0.650. The molecule has 3 rings (SSSR count). The number of carbonyl (C=O) groups excluding carboxylic acids is 2. The molecule has 1 amide bonds. The van der Waals surface area contributed by atoms with E-state index < -0.39 is 0 Å². The Kier molecular flexibility index (Phi) is 5.80. The summed E-state index contributed by atoms with van der Waals surface area (Å²) in [6.45, 7) is 2.76. The van der Waals surface area contributed by atoms with E-state index in [9.17, 15) is 9.59 Å². The van der Waals surface area contributed by atoms with E-state index in [1.54, 1.807) is 24.3 Å². The number of benzene rings is 2. The van der Waals surface area contributed by atoms with Gasteiger partial charge in [0.2, 0.25) is 6.41 Å². The van der Waals surface area contributed by atoms with Crippen molar-refractivity contribution in [2.75, 3.05) is 18.4 Å². The number of nitrogens with zero attached hydrogens (tertiary/aromatic N) is 1. The van der Waals surface area contributed by atoms with E-state index in [4.69, 9.17) is 4.74 Å². The van der Waals surface area contributed by atoms with Crippen LogP contribution in [-0.4, -0.2) is 36.5 Å². The maximum absolute atomic E-state index is 12.3. The van der Waals surface area contributed by atoms with Gasteiger partial charge in [-0.1, -0.05) is 36.4 Å². The molecule has 0 saturated carbocycles. The van der Waals surface area contributed by atoms with Gasteiger partial charge in [0.25, 0.3) is 0 Å². The van der Waals surface area contributed by atoms with Crippen molar-refractivity contribution in [2.45, 2.75) is 25.5 Å². The number of esters is 1.